The summed E-state index contributed by atoms with van der Waals surface area (Å²) in [6.07, 6.45) is 7.32. The average Bonchev–Trinajstić information content (AvgIpc) is 3.14. The highest BCUT2D eigenvalue weighted by atomic mass is 16.1. The van der Waals surface area contributed by atoms with Crippen LogP contribution in [-0.2, 0) is 4.79 Å². The summed E-state index contributed by atoms with van der Waals surface area (Å²) < 4.78 is 0. The molecule has 1 amide bonds. The molecule has 0 spiro atoms. The Kier molecular flexibility index (Phi) is 4.90. The molecule has 0 saturated heterocycles. The average molecular weight is 363 g/mol. The van der Waals surface area contributed by atoms with Gasteiger partial charge in [0.25, 0.3) is 0 Å². The lowest BCUT2D eigenvalue weighted by molar-refractivity contribution is -0.121. The Hall–Kier alpha value is -2.73. The molecular formula is C21H25N5O. The number of aromatic nitrogens is 3. The van der Waals surface area contributed by atoms with Crippen molar-refractivity contribution in [3.63, 3.8) is 0 Å². The summed E-state index contributed by atoms with van der Waals surface area (Å²) in [5.41, 5.74) is 9.28. The third-order valence-electron chi connectivity index (χ3n) is 5.62. The zero-order valence-corrected chi connectivity index (χ0v) is 15.5. The van der Waals surface area contributed by atoms with Crippen LogP contribution >= 0.6 is 0 Å². The van der Waals surface area contributed by atoms with Gasteiger partial charge in [-0.1, -0.05) is 6.07 Å². The summed E-state index contributed by atoms with van der Waals surface area (Å²) in [5, 5.41) is 4.01. The van der Waals surface area contributed by atoms with E-state index < -0.39 is 0 Å². The molecule has 4 N–H and O–H groups in total. The summed E-state index contributed by atoms with van der Waals surface area (Å²) in [5.74, 6) is 0.677. The number of carbonyl (C=O) groups excluding carboxylic acids is 1. The van der Waals surface area contributed by atoms with Crippen molar-refractivity contribution in [3.05, 3.63) is 42.7 Å². The van der Waals surface area contributed by atoms with E-state index in [1.165, 1.54) is 0 Å². The van der Waals surface area contributed by atoms with Crippen LogP contribution in [0.5, 0.6) is 0 Å². The maximum absolute atomic E-state index is 12.8. The molecule has 1 unspecified atom stereocenters. The molecule has 6 heteroatoms. The van der Waals surface area contributed by atoms with Crippen molar-refractivity contribution < 1.29 is 4.79 Å². The number of nitrogens with zero attached hydrogens (tertiary/aromatic N) is 2. The Balaban J connectivity index is 1.52. The first-order valence-corrected chi connectivity index (χ1v) is 9.57. The number of hydrogen-bond acceptors (Lipinski definition) is 4. The fourth-order valence-corrected chi connectivity index (χ4v) is 3.94. The molecule has 1 saturated carbocycles. The molecule has 0 aromatic carbocycles. The SMILES string of the molecule is CC(N)C1CCC(C(=O)Nc2ccnc3[nH]c(-c4ccccn4)cc23)CC1. The topological polar surface area (TPSA) is 96.7 Å². The number of nitrogens with two attached hydrogens (primary N) is 1. The molecule has 0 radical (unpaired) electrons. The molecule has 6 nitrogen and oxygen atoms in total. The third-order valence-corrected chi connectivity index (χ3v) is 5.62. The van der Waals surface area contributed by atoms with Crippen molar-refractivity contribution in [2.45, 2.75) is 38.6 Å². The molecular weight excluding hydrogens is 338 g/mol. The number of carbonyl (C=O) groups is 1. The predicted octanol–water partition coefficient (Wildman–Crippen LogP) is 3.72. The predicted molar refractivity (Wildman–Crippen MR) is 107 cm³/mol. The third kappa shape index (κ3) is 3.71. The Labute approximate surface area is 158 Å². The first-order chi connectivity index (χ1) is 13.1. The molecule has 140 valence electrons. The number of nitrogens with one attached hydrogen (secondary N) is 2. The van der Waals surface area contributed by atoms with E-state index in [0.29, 0.717) is 5.92 Å². The van der Waals surface area contributed by atoms with Gasteiger partial charge in [0, 0.05) is 29.7 Å². The van der Waals surface area contributed by atoms with Gasteiger partial charge in [-0.2, -0.15) is 0 Å². The Bertz CT molecular complexity index is 926. The summed E-state index contributed by atoms with van der Waals surface area (Å²) >= 11 is 0. The molecule has 0 aliphatic heterocycles. The van der Waals surface area contributed by atoms with Crippen LogP contribution in [0.4, 0.5) is 5.69 Å². The number of aromatic amines is 1. The lowest BCUT2D eigenvalue weighted by Crippen LogP contribution is -2.33. The van der Waals surface area contributed by atoms with Crippen molar-refractivity contribution >= 4 is 22.6 Å². The molecule has 3 aromatic rings. The normalized spacial score (nSPS) is 21.1. The number of hydrogen-bond donors (Lipinski definition) is 3. The Morgan fingerprint density at radius 2 is 2.00 bits per heavy atom. The highest BCUT2D eigenvalue weighted by Gasteiger charge is 2.28. The van der Waals surface area contributed by atoms with Gasteiger partial charge in [0.05, 0.1) is 17.1 Å². The fraction of sp³-hybridized carbons (Fsp3) is 0.381. The second kappa shape index (κ2) is 7.48. The number of anilines is 1. The number of H-pyrrole nitrogens is 1. The van der Waals surface area contributed by atoms with Gasteiger partial charge < -0.3 is 16.0 Å². The molecule has 1 aliphatic carbocycles. The van der Waals surface area contributed by atoms with Gasteiger partial charge in [0.15, 0.2) is 0 Å². The quantitative estimate of drug-likeness (QED) is 0.658. The van der Waals surface area contributed by atoms with Gasteiger partial charge in [0.2, 0.25) is 5.91 Å². The monoisotopic (exact) mass is 363 g/mol. The van der Waals surface area contributed by atoms with E-state index in [9.17, 15) is 4.79 Å². The molecule has 1 fully saturated rings. The van der Waals surface area contributed by atoms with Crippen LogP contribution in [0.3, 0.4) is 0 Å². The van der Waals surface area contributed by atoms with Gasteiger partial charge in [0.1, 0.15) is 5.65 Å². The molecule has 3 aromatic heterocycles. The molecule has 27 heavy (non-hydrogen) atoms. The molecule has 1 atom stereocenters. The van der Waals surface area contributed by atoms with Gasteiger partial charge in [-0.3, -0.25) is 9.78 Å². The molecule has 0 bridgehead atoms. The molecule has 4 rings (SSSR count). The second-order valence-electron chi connectivity index (χ2n) is 7.48. The van der Waals surface area contributed by atoms with Crippen molar-refractivity contribution in [1.82, 2.24) is 15.0 Å². The van der Waals surface area contributed by atoms with Crippen LogP contribution in [0.15, 0.2) is 42.7 Å². The minimum absolute atomic E-state index is 0.0532. The largest absolute Gasteiger partial charge is 0.338 e. The summed E-state index contributed by atoms with van der Waals surface area (Å²) in [6.45, 7) is 2.06. The zero-order chi connectivity index (χ0) is 18.8. The van der Waals surface area contributed by atoms with E-state index in [0.717, 1.165) is 53.8 Å². The van der Waals surface area contributed by atoms with Gasteiger partial charge in [-0.05, 0) is 62.8 Å². The zero-order valence-electron chi connectivity index (χ0n) is 15.5. The number of rotatable bonds is 4. The van der Waals surface area contributed by atoms with Gasteiger partial charge in [-0.15, -0.1) is 0 Å². The van der Waals surface area contributed by atoms with Crippen molar-refractivity contribution in [2.24, 2.45) is 17.6 Å². The minimum Gasteiger partial charge on any atom is -0.338 e. The fourth-order valence-electron chi connectivity index (χ4n) is 3.94. The van der Waals surface area contributed by atoms with Crippen LogP contribution < -0.4 is 11.1 Å². The first kappa shape index (κ1) is 17.7. The number of pyridine rings is 2. The van der Waals surface area contributed by atoms with Crippen LogP contribution in [-0.4, -0.2) is 26.9 Å². The van der Waals surface area contributed by atoms with Gasteiger partial charge in [-0.25, -0.2) is 4.98 Å². The van der Waals surface area contributed by atoms with E-state index in [1.54, 1.807) is 12.4 Å². The van der Waals surface area contributed by atoms with Crippen molar-refractivity contribution in [2.75, 3.05) is 5.32 Å². The summed E-state index contributed by atoms with van der Waals surface area (Å²) in [6, 6.07) is 9.83. The Morgan fingerprint density at radius 1 is 1.19 bits per heavy atom. The van der Waals surface area contributed by atoms with Crippen LogP contribution in [0.1, 0.15) is 32.6 Å². The van der Waals surface area contributed by atoms with E-state index in [2.05, 4.69) is 27.2 Å². The van der Waals surface area contributed by atoms with Crippen LogP contribution in [0, 0.1) is 11.8 Å². The van der Waals surface area contributed by atoms with Crippen LogP contribution in [0.25, 0.3) is 22.4 Å². The standard InChI is InChI=1S/C21H25N5O/c1-13(22)14-5-7-15(8-6-14)21(27)26-17-9-11-24-20-16(17)12-19(25-20)18-4-2-3-10-23-18/h2-4,9-15H,5-8,22H2,1H3,(H2,24,25,26,27). The van der Waals surface area contributed by atoms with E-state index in [-0.39, 0.29) is 17.9 Å². The maximum atomic E-state index is 12.8. The summed E-state index contributed by atoms with van der Waals surface area (Å²) in [7, 11) is 0. The number of amides is 1. The highest BCUT2D eigenvalue weighted by molar-refractivity contribution is 6.02. The summed E-state index contributed by atoms with van der Waals surface area (Å²) in [4.78, 5) is 24.8. The van der Waals surface area contributed by atoms with E-state index in [4.69, 9.17) is 5.73 Å². The maximum Gasteiger partial charge on any atom is 0.227 e. The van der Waals surface area contributed by atoms with Crippen molar-refractivity contribution in [1.29, 1.82) is 0 Å². The second-order valence-corrected chi connectivity index (χ2v) is 7.48. The Morgan fingerprint density at radius 3 is 2.70 bits per heavy atom. The van der Waals surface area contributed by atoms with Gasteiger partial charge >= 0.3 is 0 Å². The molecule has 3 heterocycles. The molecule has 1 aliphatic rings. The lowest BCUT2D eigenvalue weighted by atomic mass is 9.79. The van der Waals surface area contributed by atoms with E-state index in [1.807, 2.05) is 30.3 Å². The highest BCUT2D eigenvalue weighted by Crippen LogP contribution is 2.32. The van der Waals surface area contributed by atoms with Crippen LogP contribution in [0.2, 0.25) is 0 Å². The van der Waals surface area contributed by atoms with E-state index >= 15 is 0 Å². The minimum atomic E-state index is 0.0532. The van der Waals surface area contributed by atoms with Crippen molar-refractivity contribution in [3.8, 4) is 11.4 Å². The smallest absolute Gasteiger partial charge is 0.227 e. The lowest BCUT2D eigenvalue weighted by Gasteiger charge is -2.30. The number of fused-ring (bicyclic) bond motifs is 1. The first-order valence-electron chi connectivity index (χ1n) is 9.57.